The molecule has 0 amide bonds. The van der Waals surface area contributed by atoms with E-state index in [4.69, 9.17) is 0 Å². The zero-order chi connectivity index (χ0) is 16.3. The molecule has 116 valence electrons. The summed E-state index contributed by atoms with van der Waals surface area (Å²) in [6, 6.07) is 11.2. The molecule has 0 radical (unpaired) electrons. The smallest absolute Gasteiger partial charge is 0.206 e. The molecule has 6 heteroatoms. The number of benzene rings is 2. The lowest BCUT2D eigenvalue weighted by molar-refractivity contribution is 0.583. The number of halogens is 1. The molecule has 0 unspecified atom stereocenters. The lowest BCUT2D eigenvalue weighted by Crippen LogP contribution is -2.21. The van der Waals surface area contributed by atoms with E-state index in [9.17, 15) is 12.8 Å². The summed E-state index contributed by atoms with van der Waals surface area (Å²) in [7, 11) is -3.79. The highest BCUT2D eigenvalue weighted by Gasteiger charge is 2.16. The second-order valence-corrected chi connectivity index (χ2v) is 6.67. The van der Waals surface area contributed by atoms with Crippen LogP contribution in [0.2, 0.25) is 0 Å². The van der Waals surface area contributed by atoms with Gasteiger partial charge in [0.15, 0.2) is 0 Å². The van der Waals surface area contributed by atoms with Gasteiger partial charge in [0.2, 0.25) is 0 Å². The van der Waals surface area contributed by atoms with E-state index >= 15 is 0 Å². The van der Waals surface area contributed by atoms with Crippen LogP contribution in [-0.4, -0.2) is 14.1 Å². The average molecular weight is 320 g/mol. The molecule has 2 rings (SSSR count). The fourth-order valence-electron chi connectivity index (χ4n) is 1.99. The van der Waals surface area contributed by atoms with E-state index in [-0.39, 0.29) is 16.2 Å². The Hall–Kier alpha value is -2.21. The van der Waals surface area contributed by atoms with Crippen LogP contribution in [-0.2, 0) is 10.0 Å². The molecule has 0 aliphatic rings. The van der Waals surface area contributed by atoms with Crippen molar-refractivity contribution in [3.8, 4) is 0 Å². The monoisotopic (exact) mass is 320 g/mol. The summed E-state index contributed by atoms with van der Waals surface area (Å²) in [6.07, 6.45) is 0. The number of aryl methyl sites for hydroxylation is 2. The van der Waals surface area contributed by atoms with E-state index in [0.717, 1.165) is 5.56 Å². The van der Waals surface area contributed by atoms with Crippen molar-refractivity contribution >= 4 is 15.7 Å². The first kappa shape index (κ1) is 16.2. The van der Waals surface area contributed by atoms with Gasteiger partial charge in [-0.25, -0.2) is 4.39 Å². The molecule has 2 aromatic carbocycles. The molecule has 0 aliphatic carbocycles. The van der Waals surface area contributed by atoms with Gasteiger partial charge >= 0.3 is 0 Å². The van der Waals surface area contributed by atoms with Crippen molar-refractivity contribution in [2.24, 2.45) is 5.10 Å². The average Bonchev–Trinajstić information content (AvgIpc) is 2.48. The maximum Gasteiger partial charge on any atom is 0.276 e. The van der Waals surface area contributed by atoms with Gasteiger partial charge in [0.1, 0.15) is 5.82 Å². The van der Waals surface area contributed by atoms with Crippen LogP contribution in [0, 0.1) is 19.7 Å². The van der Waals surface area contributed by atoms with E-state index in [0.29, 0.717) is 5.56 Å². The van der Waals surface area contributed by atoms with Crippen molar-refractivity contribution in [1.29, 1.82) is 0 Å². The molecule has 0 atom stereocenters. The van der Waals surface area contributed by atoms with Gasteiger partial charge in [0, 0.05) is 5.56 Å². The summed E-state index contributed by atoms with van der Waals surface area (Å²) in [6.45, 7) is 5.07. The number of nitrogens with zero attached hydrogens (tertiary/aromatic N) is 1. The predicted molar refractivity (Wildman–Crippen MR) is 84.8 cm³/mol. The highest BCUT2D eigenvalue weighted by molar-refractivity contribution is 7.89. The largest absolute Gasteiger partial charge is 0.276 e. The Morgan fingerprint density at radius 3 is 2.50 bits per heavy atom. The van der Waals surface area contributed by atoms with Crippen LogP contribution in [0.3, 0.4) is 0 Å². The normalized spacial score (nSPS) is 12.3. The van der Waals surface area contributed by atoms with Gasteiger partial charge in [-0.2, -0.15) is 18.4 Å². The topological polar surface area (TPSA) is 58.5 Å². The second kappa shape index (κ2) is 6.27. The van der Waals surface area contributed by atoms with Crippen molar-refractivity contribution < 1.29 is 12.8 Å². The van der Waals surface area contributed by atoms with Crippen LogP contribution < -0.4 is 4.83 Å². The van der Waals surface area contributed by atoms with Crippen molar-refractivity contribution in [2.75, 3.05) is 0 Å². The van der Waals surface area contributed by atoms with E-state index in [1.807, 2.05) is 13.0 Å². The minimum atomic E-state index is -3.79. The van der Waals surface area contributed by atoms with Gasteiger partial charge in [0.25, 0.3) is 10.0 Å². The minimum Gasteiger partial charge on any atom is -0.206 e. The highest BCUT2D eigenvalue weighted by atomic mass is 32.2. The number of hydrogen-bond donors (Lipinski definition) is 1. The first-order valence-electron chi connectivity index (χ1n) is 6.69. The first-order valence-corrected chi connectivity index (χ1v) is 8.18. The second-order valence-electron chi connectivity index (χ2n) is 5.04. The lowest BCUT2D eigenvalue weighted by Gasteiger charge is -2.09. The Morgan fingerprint density at radius 1 is 1.14 bits per heavy atom. The molecular formula is C16H17FN2O2S. The van der Waals surface area contributed by atoms with Crippen LogP contribution in [0.5, 0.6) is 0 Å². The zero-order valence-electron chi connectivity index (χ0n) is 12.6. The van der Waals surface area contributed by atoms with Crippen molar-refractivity contribution in [2.45, 2.75) is 25.7 Å². The summed E-state index contributed by atoms with van der Waals surface area (Å²) in [5.74, 6) is -0.449. The van der Waals surface area contributed by atoms with Crippen LogP contribution in [0.4, 0.5) is 4.39 Å². The van der Waals surface area contributed by atoms with Gasteiger partial charge in [-0.15, -0.1) is 0 Å². The quantitative estimate of drug-likeness (QED) is 0.695. The Morgan fingerprint density at radius 2 is 1.82 bits per heavy atom. The third-order valence-corrected chi connectivity index (χ3v) is 4.58. The Balaban J connectivity index is 2.32. The molecule has 0 bridgehead atoms. The standard InChI is InChI=1S/C16H17FN2O2S/c1-11-8-9-12(2)16(10-11)22(20,21)19-18-13(3)14-6-4-5-7-15(14)17/h4-10,19H,1-3H3/b18-13+. The molecule has 1 N–H and O–H groups in total. The predicted octanol–water partition coefficient (Wildman–Crippen LogP) is 3.15. The van der Waals surface area contributed by atoms with Gasteiger partial charge in [-0.3, -0.25) is 0 Å². The Kier molecular flexibility index (Phi) is 4.61. The van der Waals surface area contributed by atoms with Crippen LogP contribution in [0.1, 0.15) is 23.6 Å². The number of nitrogens with one attached hydrogen (secondary N) is 1. The third-order valence-electron chi connectivity index (χ3n) is 3.23. The Labute approximate surface area is 129 Å². The SMILES string of the molecule is C/C(=N\NS(=O)(=O)c1cc(C)ccc1C)c1ccccc1F. The van der Waals surface area contributed by atoms with Gasteiger partial charge in [0.05, 0.1) is 10.6 Å². The maximum absolute atomic E-state index is 13.6. The maximum atomic E-state index is 13.6. The molecule has 0 saturated heterocycles. The molecule has 0 aliphatic heterocycles. The van der Waals surface area contributed by atoms with Crippen LogP contribution in [0.15, 0.2) is 52.5 Å². The van der Waals surface area contributed by atoms with E-state index in [1.165, 1.54) is 6.07 Å². The summed E-state index contributed by atoms with van der Waals surface area (Å²) < 4.78 is 38.3. The van der Waals surface area contributed by atoms with E-state index < -0.39 is 15.8 Å². The van der Waals surface area contributed by atoms with Gasteiger partial charge < -0.3 is 0 Å². The van der Waals surface area contributed by atoms with Crippen LogP contribution in [0.25, 0.3) is 0 Å². The van der Waals surface area contributed by atoms with E-state index in [2.05, 4.69) is 9.93 Å². The zero-order valence-corrected chi connectivity index (χ0v) is 13.4. The molecule has 4 nitrogen and oxygen atoms in total. The summed E-state index contributed by atoms with van der Waals surface area (Å²) >= 11 is 0. The van der Waals surface area contributed by atoms with E-state index in [1.54, 1.807) is 44.2 Å². The van der Waals surface area contributed by atoms with Gasteiger partial charge in [-0.1, -0.05) is 30.3 Å². The molecular weight excluding hydrogens is 303 g/mol. The highest BCUT2D eigenvalue weighted by Crippen LogP contribution is 2.16. The van der Waals surface area contributed by atoms with Crippen molar-refractivity contribution in [3.05, 3.63) is 65.0 Å². The van der Waals surface area contributed by atoms with Gasteiger partial charge in [-0.05, 0) is 44.0 Å². The minimum absolute atomic E-state index is 0.164. The summed E-state index contributed by atoms with van der Waals surface area (Å²) in [5.41, 5.74) is 1.97. The van der Waals surface area contributed by atoms with Crippen molar-refractivity contribution in [1.82, 2.24) is 4.83 Å². The van der Waals surface area contributed by atoms with Crippen molar-refractivity contribution in [3.63, 3.8) is 0 Å². The molecule has 0 heterocycles. The molecule has 22 heavy (non-hydrogen) atoms. The number of rotatable bonds is 4. The fourth-order valence-corrected chi connectivity index (χ4v) is 3.18. The molecule has 0 spiro atoms. The molecule has 2 aromatic rings. The molecule has 0 saturated carbocycles. The third kappa shape index (κ3) is 3.51. The summed E-state index contributed by atoms with van der Waals surface area (Å²) in [4.78, 5) is 2.33. The number of hydrogen-bond acceptors (Lipinski definition) is 3. The number of sulfonamides is 1. The number of hydrazone groups is 1. The molecule has 0 aromatic heterocycles. The van der Waals surface area contributed by atoms with Crippen LogP contribution >= 0.6 is 0 Å². The lowest BCUT2D eigenvalue weighted by atomic mass is 10.1. The first-order chi connectivity index (χ1) is 10.3. The molecule has 0 fully saturated rings. The summed E-state index contributed by atoms with van der Waals surface area (Å²) in [5, 5.41) is 3.81. The Bertz CT molecular complexity index is 830. The fraction of sp³-hybridized carbons (Fsp3) is 0.188.